The number of hydrogen-bond donors (Lipinski definition) is 1. The van der Waals surface area contributed by atoms with Crippen molar-refractivity contribution < 1.29 is 4.74 Å². The molecule has 0 spiro atoms. The molecule has 1 fully saturated rings. The van der Waals surface area contributed by atoms with Crippen LogP contribution in [-0.2, 0) is 11.3 Å². The van der Waals surface area contributed by atoms with Crippen LogP contribution in [0.15, 0.2) is 18.3 Å². The van der Waals surface area contributed by atoms with Crippen LogP contribution in [0.5, 0.6) is 0 Å². The van der Waals surface area contributed by atoms with E-state index < -0.39 is 0 Å². The lowest BCUT2D eigenvalue weighted by molar-refractivity contribution is -0.00259. The van der Waals surface area contributed by atoms with Crippen molar-refractivity contribution >= 4 is 17.2 Å². The SMILES string of the molecule is CN(Cc1ccnc(C(N)=S)c1)CC1CCCCO1. The van der Waals surface area contributed by atoms with E-state index in [1.807, 2.05) is 12.1 Å². The highest BCUT2D eigenvalue weighted by molar-refractivity contribution is 7.80. The monoisotopic (exact) mass is 279 g/mol. The highest BCUT2D eigenvalue weighted by Gasteiger charge is 2.16. The molecule has 0 saturated carbocycles. The maximum Gasteiger partial charge on any atom is 0.122 e. The Balaban J connectivity index is 1.88. The lowest BCUT2D eigenvalue weighted by Crippen LogP contribution is -2.33. The summed E-state index contributed by atoms with van der Waals surface area (Å²) in [6.07, 6.45) is 5.77. The van der Waals surface area contributed by atoms with Crippen LogP contribution in [0.4, 0.5) is 0 Å². The number of rotatable bonds is 5. The van der Waals surface area contributed by atoms with Gasteiger partial charge in [-0.2, -0.15) is 0 Å². The predicted molar refractivity (Wildman–Crippen MR) is 80.0 cm³/mol. The van der Waals surface area contributed by atoms with Gasteiger partial charge in [-0.15, -0.1) is 0 Å². The van der Waals surface area contributed by atoms with Gasteiger partial charge in [-0.25, -0.2) is 0 Å². The molecule has 0 aromatic carbocycles. The van der Waals surface area contributed by atoms with E-state index in [1.54, 1.807) is 6.20 Å². The summed E-state index contributed by atoms with van der Waals surface area (Å²) in [5.41, 5.74) is 7.46. The number of aromatic nitrogens is 1. The quantitative estimate of drug-likeness (QED) is 0.832. The zero-order chi connectivity index (χ0) is 13.7. The van der Waals surface area contributed by atoms with E-state index in [1.165, 1.54) is 24.8 Å². The van der Waals surface area contributed by atoms with E-state index in [4.69, 9.17) is 22.7 Å². The third kappa shape index (κ3) is 4.53. The van der Waals surface area contributed by atoms with Crippen molar-refractivity contribution in [2.75, 3.05) is 20.2 Å². The van der Waals surface area contributed by atoms with Crippen molar-refractivity contribution in [3.8, 4) is 0 Å². The molecule has 2 heterocycles. The van der Waals surface area contributed by atoms with Crippen LogP contribution in [0.3, 0.4) is 0 Å². The third-order valence-electron chi connectivity index (χ3n) is 3.32. The highest BCUT2D eigenvalue weighted by atomic mass is 32.1. The van der Waals surface area contributed by atoms with Crippen molar-refractivity contribution in [1.29, 1.82) is 0 Å². The van der Waals surface area contributed by atoms with E-state index in [9.17, 15) is 0 Å². The fourth-order valence-electron chi connectivity index (χ4n) is 2.38. The van der Waals surface area contributed by atoms with Crippen molar-refractivity contribution in [1.82, 2.24) is 9.88 Å². The number of thiocarbonyl (C=S) groups is 1. The van der Waals surface area contributed by atoms with Gasteiger partial charge in [0.05, 0.1) is 11.8 Å². The van der Waals surface area contributed by atoms with Gasteiger partial charge in [0.2, 0.25) is 0 Å². The van der Waals surface area contributed by atoms with Crippen molar-refractivity contribution in [2.45, 2.75) is 31.9 Å². The lowest BCUT2D eigenvalue weighted by atomic mass is 10.1. The molecule has 1 aliphatic heterocycles. The number of ether oxygens (including phenoxy) is 1. The third-order valence-corrected chi connectivity index (χ3v) is 3.53. The fourth-order valence-corrected chi connectivity index (χ4v) is 2.49. The molecule has 1 saturated heterocycles. The average Bonchev–Trinajstić information content (AvgIpc) is 2.40. The molecular formula is C14H21N3OS. The standard InChI is InChI=1S/C14H21N3OS/c1-17(10-12-4-2-3-7-18-12)9-11-5-6-16-13(8-11)14(15)19/h5-6,8,12H,2-4,7,9-10H2,1H3,(H2,15,19). The van der Waals surface area contributed by atoms with Crippen LogP contribution in [0.2, 0.25) is 0 Å². The van der Waals surface area contributed by atoms with Crippen molar-refractivity contribution in [2.24, 2.45) is 5.73 Å². The number of nitrogens with two attached hydrogens (primary N) is 1. The minimum Gasteiger partial charge on any atom is -0.388 e. The molecule has 0 bridgehead atoms. The Morgan fingerprint density at radius 3 is 3.11 bits per heavy atom. The van der Waals surface area contributed by atoms with Gasteiger partial charge in [-0.3, -0.25) is 9.88 Å². The molecule has 1 atom stereocenters. The highest BCUT2D eigenvalue weighted by Crippen LogP contribution is 2.14. The first-order chi connectivity index (χ1) is 9.15. The van der Waals surface area contributed by atoms with E-state index in [-0.39, 0.29) is 0 Å². The minimum absolute atomic E-state index is 0.347. The smallest absolute Gasteiger partial charge is 0.122 e. The second kappa shape index (κ2) is 6.93. The Bertz CT molecular complexity index is 432. The maximum atomic E-state index is 5.75. The average molecular weight is 279 g/mol. The molecule has 2 rings (SSSR count). The molecule has 5 heteroatoms. The van der Waals surface area contributed by atoms with Gasteiger partial charge in [0, 0.05) is 25.9 Å². The Morgan fingerprint density at radius 1 is 1.58 bits per heavy atom. The summed E-state index contributed by atoms with van der Waals surface area (Å²) in [5, 5.41) is 0. The Kier molecular flexibility index (Phi) is 5.24. The Hall–Kier alpha value is -1.04. The van der Waals surface area contributed by atoms with Gasteiger partial charge >= 0.3 is 0 Å². The number of pyridine rings is 1. The Labute approximate surface area is 120 Å². The minimum atomic E-state index is 0.347. The molecular weight excluding hydrogens is 258 g/mol. The molecule has 2 N–H and O–H groups in total. The summed E-state index contributed by atoms with van der Waals surface area (Å²) in [6, 6.07) is 3.96. The molecule has 1 aromatic heterocycles. The topological polar surface area (TPSA) is 51.4 Å². The first kappa shape index (κ1) is 14.4. The number of nitrogens with zero attached hydrogens (tertiary/aromatic N) is 2. The van der Waals surface area contributed by atoms with Crippen LogP contribution in [0, 0.1) is 0 Å². The van der Waals surface area contributed by atoms with Crippen LogP contribution in [0.1, 0.15) is 30.5 Å². The maximum absolute atomic E-state index is 5.75. The molecule has 1 aromatic rings. The molecule has 1 aliphatic rings. The molecule has 19 heavy (non-hydrogen) atoms. The summed E-state index contributed by atoms with van der Waals surface area (Å²) in [6.45, 7) is 2.72. The first-order valence-electron chi connectivity index (χ1n) is 6.70. The van der Waals surface area contributed by atoms with E-state index in [0.29, 0.717) is 16.8 Å². The first-order valence-corrected chi connectivity index (χ1v) is 7.11. The van der Waals surface area contributed by atoms with Crippen LogP contribution < -0.4 is 5.73 Å². The van der Waals surface area contributed by atoms with Gasteiger partial charge in [-0.05, 0) is 44.0 Å². The molecule has 4 nitrogen and oxygen atoms in total. The van der Waals surface area contributed by atoms with Gasteiger partial charge in [0.25, 0.3) is 0 Å². The van der Waals surface area contributed by atoms with Crippen molar-refractivity contribution in [3.05, 3.63) is 29.6 Å². The second-order valence-electron chi connectivity index (χ2n) is 5.10. The van der Waals surface area contributed by atoms with E-state index >= 15 is 0 Å². The molecule has 0 aliphatic carbocycles. The van der Waals surface area contributed by atoms with Gasteiger partial charge in [0.15, 0.2) is 0 Å². The Morgan fingerprint density at radius 2 is 2.42 bits per heavy atom. The molecule has 0 amide bonds. The molecule has 0 radical (unpaired) electrons. The number of likely N-dealkylation sites (N-methyl/N-ethyl adjacent to an activating group) is 1. The van der Waals surface area contributed by atoms with Crippen molar-refractivity contribution in [3.63, 3.8) is 0 Å². The van der Waals surface area contributed by atoms with E-state index in [0.717, 1.165) is 19.7 Å². The normalized spacial score (nSPS) is 19.6. The van der Waals surface area contributed by atoms with Crippen LogP contribution in [0.25, 0.3) is 0 Å². The van der Waals surface area contributed by atoms with Crippen LogP contribution >= 0.6 is 12.2 Å². The van der Waals surface area contributed by atoms with Crippen LogP contribution in [-0.4, -0.2) is 41.2 Å². The fraction of sp³-hybridized carbons (Fsp3) is 0.571. The van der Waals surface area contributed by atoms with Gasteiger partial charge < -0.3 is 10.5 Å². The summed E-state index contributed by atoms with van der Waals surface area (Å²) >= 11 is 4.95. The van der Waals surface area contributed by atoms with Gasteiger partial charge in [0.1, 0.15) is 4.99 Å². The summed E-state index contributed by atoms with van der Waals surface area (Å²) < 4.78 is 5.75. The molecule has 104 valence electrons. The molecule has 1 unspecified atom stereocenters. The van der Waals surface area contributed by atoms with E-state index in [2.05, 4.69) is 16.9 Å². The number of hydrogen-bond acceptors (Lipinski definition) is 4. The summed E-state index contributed by atoms with van der Waals surface area (Å²) in [7, 11) is 2.11. The zero-order valence-electron chi connectivity index (χ0n) is 11.3. The van der Waals surface area contributed by atoms with Gasteiger partial charge in [-0.1, -0.05) is 12.2 Å². The largest absolute Gasteiger partial charge is 0.388 e. The predicted octanol–water partition coefficient (Wildman–Crippen LogP) is 1.72. The summed E-state index contributed by atoms with van der Waals surface area (Å²) in [5.74, 6) is 0. The second-order valence-corrected chi connectivity index (χ2v) is 5.54. The zero-order valence-corrected chi connectivity index (χ0v) is 12.2. The lowest BCUT2D eigenvalue weighted by Gasteiger charge is -2.27. The summed E-state index contributed by atoms with van der Waals surface area (Å²) in [4.78, 5) is 6.77.